The van der Waals surface area contributed by atoms with Gasteiger partial charge in [0, 0.05) is 44.7 Å². The summed E-state index contributed by atoms with van der Waals surface area (Å²) in [6, 6.07) is 23.0. The number of likely N-dealkylation sites (N-methyl/N-ethyl adjacent to an activating group) is 1. The lowest BCUT2D eigenvalue weighted by Crippen LogP contribution is -2.47. The third-order valence-electron chi connectivity index (χ3n) is 8.78. The monoisotopic (exact) mass is 557 g/mol. The van der Waals surface area contributed by atoms with E-state index in [1.807, 2.05) is 11.0 Å². The van der Waals surface area contributed by atoms with Crippen LogP contribution in [0.3, 0.4) is 0 Å². The third kappa shape index (κ3) is 7.11. The van der Waals surface area contributed by atoms with Crippen LogP contribution in [0.15, 0.2) is 72.8 Å². The van der Waals surface area contributed by atoms with Gasteiger partial charge in [-0.05, 0) is 92.2 Å². The van der Waals surface area contributed by atoms with E-state index in [1.165, 1.54) is 40.5 Å². The van der Waals surface area contributed by atoms with Gasteiger partial charge in [0.2, 0.25) is 5.91 Å². The fourth-order valence-electron chi connectivity index (χ4n) is 6.31. The molecule has 0 aliphatic carbocycles. The number of benzene rings is 3. The van der Waals surface area contributed by atoms with Crippen molar-refractivity contribution in [2.24, 2.45) is 0 Å². The van der Waals surface area contributed by atoms with Crippen molar-refractivity contribution in [3.05, 3.63) is 107 Å². The summed E-state index contributed by atoms with van der Waals surface area (Å²) in [5, 5.41) is 0. The van der Waals surface area contributed by atoms with Gasteiger partial charge in [-0.25, -0.2) is 8.78 Å². The predicted molar refractivity (Wildman–Crippen MR) is 163 cm³/mol. The number of amides is 1. The van der Waals surface area contributed by atoms with E-state index >= 15 is 0 Å². The van der Waals surface area contributed by atoms with Crippen LogP contribution in [0.5, 0.6) is 0 Å². The van der Waals surface area contributed by atoms with Crippen LogP contribution in [0, 0.1) is 18.6 Å². The molecule has 2 aliphatic rings. The van der Waals surface area contributed by atoms with Gasteiger partial charge in [-0.1, -0.05) is 60.7 Å². The first kappa shape index (κ1) is 29.2. The number of aryl methyl sites for hydroxylation is 1. The topological polar surface area (TPSA) is 26.8 Å². The first-order chi connectivity index (χ1) is 19.9. The van der Waals surface area contributed by atoms with E-state index in [0.29, 0.717) is 25.7 Å². The standard InChI is InChI=1S/C35H41F2N3O/c1-26-9-6-7-12-29(26)31(25-39-19-17-28(18-20-39)35-32(36)13-8-14-33(35)37)30(27-10-4-3-5-11-27)15-16-34(41)40-23-21-38(2)22-24-40/h3-14,28H,15-25H2,1-2H3/b31-30+. The second-order valence-electron chi connectivity index (χ2n) is 11.5. The van der Waals surface area contributed by atoms with Crippen molar-refractivity contribution in [2.45, 2.75) is 38.5 Å². The minimum Gasteiger partial charge on any atom is -0.340 e. The number of allylic oxidation sites excluding steroid dienone is 1. The fraction of sp³-hybridized carbons (Fsp3) is 0.400. The molecule has 2 saturated heterocycles. The number of hydrogen-bond acceptors (Lipinski definition) is 3. The Hall–Kier alpha value is -3.35. The number of likely N-dealkylation sites (tertiary alicyclic amines) is 1. The van der Waals surface area contributed by atoms with Crippen LogP contribution in [0.25, 0.3) is 11.1 Å². The van der Waals surface area contributed by atoms with Crippen molar-refractivity contribution in [3.63, 3.8) is 0 Å². The van der Waals surface area contributed by atoms with Gasteiger partial charge in [0.15, 0.2) is 0 Å². The van der Waals surface area contributed by atoms with Gasteiger partial charge in [0.25, 0.3) is 0 Å². The normalized spacial score (nSPS) is 17.9. The molecule has 2 aliphatic heterocycles. The van der Waals surface area contributed by atoms with E-state index in [1.54, 1.807) is 0 Å². The molecule has 4 nitrogen and oxygen atoms in total. The van der Waals surface area contributed by atoms with Crippen molar-refractivity contribution in [1.29, 1.82) is 0 Å². The molecule has 0 spiro atoms. The highest BCUT2D eigenvalue weighted by molar-refractivity contribution is 5.93. The number of piperazine rings is 1. The maximum Gasteiger partial charge on any atom is 0.222 e. The number of hydrogen-bond donors (Lipinski definition) is 0. The van der Waals surface area contributed by atoms with Crippen LogP contribution in [0.1, 0.15) is 53.9 Å². The molecule has 0 radical (unpaired) electrons. The third-order valence-corrected chi connectivity index (χ3v) is 8.78. The molecule has 3 aromatic carbocycles. The molecule has 0 saturated carbocycles. The van der Waals surface area contributed by atoms with Crippen molar-refractivity contribution in [3.8, 4) is 0 Å². The van der Waals surface area contributed by atoms with E-state index < -0.39 is 11.6 Å². The quantitative estimate of drug-likeness (QED) is 0.292. The van der Waals surface area contributed by atoms with Crippen molar-refractivity contribution >= 4 is 17.1 Å². The number of nitrogens with zero attached hydrogens (tertiary/aromatic N) is 3. The Morgan fingerprint density at radius 1 is 0.756 bits per heavy atom. The summed E-state index contributed by atoms with van der Waals surface area (Å²) >= 11 is 0. The molecule has 3 aromatic rings. The second-order valence-corrected chi connectivity index (χ2v) is 11.5. The molecule has 5 rings (SSSR count). The number of carbonyl (C=O) groups excluding carboxylic acids is 1. The second kappa shape index (κ2) is 13.5. The van der Waals surface area contributed by atoms with Gasteiger partial charge in [-0.3, -0.25) is 9.69 Å². The van der Waals surface area contributed by atoms with Crippen LogP contribution in [-0.4, -0.2) is 73.5 Å². The van der Waals surface area contributed by atoms with Crippen molar-refractivity contribution in [1.82, 2.24) is 14.7 Å². The lowest BCUT2D eigenvalue weighted by molar-refractivity contribution is -0.132. The molecule has 6 heteroatoms. The van der Waals surface area contributed by atoms with E-state index in [4.69, 9.17) is 0 Å². The average Bonchev–Trinajstić information content (AvgIpc) is 2.98. The average molecular weight is 558 g/mol. The van der Waals surface area contributed by atoms with Crippen molar-refractivity contribution < 1.29 is 13.6 Å². The maximum atomic E-state index is 14.5. The van der Waals surface area contributed by atoms with E-state index in [2.05, 4.69) is 72.3 Å². The van der Waals surface area contributed by atoms with Crippen LogP contribution < -0.4 is 0 Å². The minimum atomic E-state index is -0.444. The Morgan fingerprint density at radius 3 is 2.05 bits per heavy atom. The Labute approximate surface area is 243 Å². The summed E-state index contributed by atoms with van der Waals surface area (Å²) in [4.78, 5) is 20.0. The summed E-state index contributed by atoms with van der Waals surface area (Å²) in [5.74, 6) is -0.794. The highest BCUT2D eigenvalue weighted by Gasteiger charge is 2.27. The van der Waals surface area contributed by atoms with E-state index in [-0.39, 0.29) is 17.4 Å². The highest BCUT2D eigenvalue weighted by Crippen LogP contribution is 2.36. The van der Waals surface area contributed by atoms with Crippen LogP contribution in [0.4, 0.5) is 8.78 Å². The molecule has 41 heavy (non-hydrogen) atoms. The van der Waals surface area contributed by atoms with Gasteiger partial charge >= 0.3 is 0 Å². The van der Waals surface area contributed by atoms with Gasteiger partial charge in [0.05, 0.1) is 0 Å². The molecule has 1 amide bonds. The smallest absolute Gasteiger partial charge is 0.222 e. The summed E-state index contributed by atoms with van der Waals surface area (Å²) in [5.41, 5.74) is 6.19. The van der Waals surface area contributed by atoms with Crippen LogP contribution >= 0.6 is 0 Å². The Morgan fingerprint density at radius 2 is 1.39 bits per heavy atom. The number of halogens is 2. The summed E-state index contributed by atoms with van der Waals surface area (Å²) in [7, 11) is 2.10. The van der Waals surface area contributed by atoms with Gasteiger partial charge < -0.3 is 9.80 Å². The highest BCUT2D eigenvalue weighted by atomic mass is 19.1. The Bertz CT molecular complexity index is 1340. The first-order valence-electron chi connectivity index (χ1n) is 14.9. The zero-order chi connectivity index (χ0) is 28.8. The molecule has 0 aromatic heterocycles. The van der Waals surface area contributed by atoms with Gasteiger partial charge in [-0.15, -0.1) is 0 Å². The lowest BCUT2D eigenvalue weighted by Gasteiger charge is -2.34. The van der Waals surface area contributed by atoms with Gasteiger partial charge in [0.1, 0.15) is 11.6 Å². The number of rotatable bonds is 8. The maximum absolute atomic E-state index is 14.5. The van der Waals surface area contributed by atoms with Gasteiger partial charge in [-0.2, -0.15) is 0 Å². The largest absolute Gasteiger partial charge is 0.340 e. The SMILES string of the molecule is Cc1ccccc1/C(CN1CCC(c2c(F)cccc2F)CC1)=C(\CCC(=O)N1CCN(C)CC1)c1ccccc1. The van der Waals surface area contributed by atoms with E-state index in [0.717, 1.165) is 51.4 Å². The predicted octanol–water partition coefficient (Wildman–Crippen LogP) is 6.62. The molecule has 0 bridgehead atoms. The lowest BCUT2D eigenvalue weighted by atomic mass is 9.86. The Kier molecular flexibility index (Phi) is 9.63. The molecule has 2 heterocycles. The number of carbonyl (C=O) groups is 1. The molecule has 0 atom stereocenters. The zero-order valence-corrected chi connectivity index (χ0v) is 24.3. The Balaban J connectivity index is 1.42. The zero-order valence-electron chi connectivity index (χ0n) is 24.3. The number of piperidine rings is 1. The summed E-state index contributed by atoms with van der Waals surface area (Å²) in [6.45, 7) is 7.77. The molecule has 216 valence electrons. The van der Waals surface area contributed by atoms with E-state index in [9.17, 15) is 13.6 Å². The summed E-state index contributed by atoms with van der Waals surface area (Å²) in [6.07, 6.45) is 2.55. The molecule has 0 N–H and O–H groups in total. The van der Waals surface area contributed by atoms with Crippen LogP contribution in [0.2, 0.25) is 0 Å². The fourth-order valence-corrected chi connectivity index (χ4v) is 6.31. The molecule has 2 fully saturated rings. The molecular weight excluding hydrogens is 516 g/mol. The van der Waals surface area contributed by atoms with Crippen molar-refractivity contribution in [2.75, 3.05) is 52.9 Å². The first-order valence-corrected chi connectivity index (χ1v) is 14.9. The minimum absolute atomic E-state index is 0.117. The molecular formula is C35H41F2N3O. The summed E-state index contributed by atoms with van der Waals surface area (Å²) < 4.78 is 29.0. The molecule has 0 unspecified atom stereocenters. The van der Waals surface area contributed by atoms with Crippen LogP contribution in [-0.2, 0) is 4.79 Å².